The SMILES string of the molecule is Cc1cccc(-n2c(C(C)N(C)S(=O)(=O)c3cccc4ccccc34)nc3ccccc3c2=O)c1. The van der Waals surface area contributed by atoms with Crippen LogP contribution in [0.2, 0.25) is 0 Å². The van der Waals surface area contributed by atoms with E-state index in [2.05, 4.69) is 0 Å². The lowest BCUT2D eigenvalue weighted by atomic mass is 10.1. The average molecular weight is 484 g/mol. The van der Waals surface area contributed by atoms with E-state index in [9.17, 15) is 13.2 Å². The third-order valence-corrected chi connectivity index (χ3v) is 8.37. The Morgan fingerprint density at radius 1 is 0.857 bits per heavy atom. The number of hydrogen-bond donors (Lipinski definition) is 0. The van der Waals surface area contributed by atoms with Crippen LogP contribution in [0.15, 0.2) is 101 Å². The molecule has 0 aliphatic carbocycles. The molecular weight excluding hydrogens is 458 g/mol. The fraction of sp³-hybridized carbons (Fsp3) is 0.143. The van der Waals surface area contributed by atoms with Gasteiger partial charge in [0.2, 0.25) is 10.0 Å². The number of rotatable bonds is 5. The van der Waals surface area contributed by atoms with Gasteiger partial charge in [0, 0.05) is 12.4 Å². The Labute approximate surface area is 204 Å². The minimum absolute atomic E-state index is 0.218. The number of para-hydroxylation sites is 1. The molecule has 176 valence electrons. The van der Waals surface area contributed by atoms with Gasteiger partial charge in [-0.15, -0.1) is 0 Å². The van der Waals surface area contributed by atoms with E-state index >= 15 is 0 Å². The van der Waals surface area contributed by atoms with Crippen LogP contribution in [-0.2, 0) is 10.0 Å². The van der Waals surface area contributed by atoms with E-state index in [1.165, 1.54) is 15.9 Å². The molecule has 4 aromatic carbocycles. The molecule has 1 unspecified atom stereocenters. The number of hydrogen-bond acceptors (Lipinski definition) is 4. The van der Waals surface area contributed by atoms with Crippen LogP contribution < -0.4 is 5.56 Å². The molecule has 0 aliphatic heterocycles. The number of benzene rings is 4. The summed E-state index contributed by atoms with van der Waals surface area (Å²) in [7, 11) is -2.38. The van der Waals surface area contributed by atoms with Gasteiger partial charge < -0.3 is 0 Å². The maximum atomic E-state index is 13.8. The Balaban J connectivity index is 1.71. The highest BCUT2D eigenvalue weighted by Crippen LogP contribution is 2.30. The predicted octanol–water partition coefficient (Wildman–Crippen LogP) is 5.23. The number of aromatic nitrogens is 2. The highest BCUT2D eigenvalue weighted by molar-refractivity contribution is 7.89. The van der Waals surface area contributed by atoms with Crippen LogP contribution in [-0.4, -0.2) is 29.3 Å². The van der Waals surface area contributed by atoms with Crippen molar-refractivity contribution in [3.63, 3.8) is 0 Å². The van der Waals surface area contributed by atoms with Gasteiger partial charge in [-0.05, 0) is 55.1 Å². The van der Waals surface area contributed by atoms with Crippen molar-refractivity contribution in [1.82, 2.24) is 13.9 Å². The lowest BCUT2D eigenvalue weighted by Crippen LogP contribution is -2.35. The Hall–Kier alpha value is -3.81. The van der Waals surface area contributed by atoms with Crippen molar-refractivity contribution in [1.29, 1.82) is 0 Å². The lowest BCUT2D eigenvalue weighted by molar-refractivity contribution is 0.379. The molecular formula is C28H25N3O3S. The van der Waals surface area contributed by atoms with E-state index in [-0.39, 0.29) is 10.5 Å². The molecule has 0 bridgehead atoms. The summed E-state index contributed by atoms with van der Waals surface area (Å²) in [6.07, 6.45) is 0. The Morgan fingerprint density at radius 3 is 2.29 bits per heavy atom. The summed E-state index contributed by atoms with van der Waals surface area (Å²) in [6.45, 7) is 3.70. The maximum Gasteiger partial charge on any atom is 0.266 e. The van der Waals surface area contributed by atoms with Gasteiger partial charge in [-0.3, -0.25) is 9.36 Å². The van der Waals surface area contributed by atoms with Crippen molar-refractivity contribution in [3.8, 4) is 5.69 Å². The van der Waals surface area contributed by atoms with E-state index in [1.54, 1.807) is 43.3 Å². The first-order valence-corrected chi connectivity index (χ1v) is 12.8. The number of nitrogens with zero attached hydrogens (tertiary/aromatic N) is 3. The normalized spacial score (nSPS) is 12.9. The second-order valence-electron chi connectivity index (χ2n) is 8.64. The zero-order valence-corrected chi connectivity index (χ0v) is 20.5. The highest BCUT2D eigenvalue weighted by atomic mass is 32.2. The van der Waals surface area contributed by atoms with Crippen molar-refractivity contribution in [2.24, 2.45) is 0 Å². The number of sulfonamides is 1. The van der Waals surface area contributed by atoms with Gasteiger partial charge >= 0.3 is 0 Å². The maximum absolute atomic E-state index is 13.8. The Bertz CT molecular complexity index is 1740. The largest absolute Gasteiger partial charge is 0.268 e. The van der Waals surface area contributed by atoms with Gasteiger partial charge in [-0.25, -0.2) is 13.4 Å². The Morgan fingerprint density at radius 2 is 1.51 bits per heavy atom. The van der Waals surface area contributed by atoms with E-state index < -0.39 is 16.1 Å². The quantitative estimate of drug-likeness (QED) is 0.343. The van der Waals surface area contributed by atoms with Crippen LogP contribution in [0.5, 0.6) is 0 Å². The van der Waals surface area contributed by atoms with E-state index in [1.807, 2.05) is 61.5 Å². The molecule has 0 N–H and O–H groups in total. The zero-order valence-electron chi connectivity index (χ0n) is 19.7. The molecule has 0 fully saturated rings. The molecule has 0 radical (unpaired) electrons. The van der Waals surface area contributed by atoms with Gasteiger partial charge in [0.25, 0.3) is 5.56 Å². The molecule has 35 heavy (non-hydrogen) atoms. The molecule has 1 heterocycles. The second-order valence-corrected chi connectivity index (χ2v) is 10.6. The summed E-state index contributed by atoms with van der Waals surface area (Å²) in [5, 5.41) is 1.97. The van der Waals surface area contributed by atoms with Crippen LogP contribution in [0.1, 0.15) is 24.4 Å². The summed E-state index contributed by atoms with van der Waals surface area (Å²) in [5.41, 5.74) is 1.92. The minimum atomic E-state index is -3.91. The van der Waals surface area contributed by atoms with Crippen molar-refractivity contribution >= 4 is 31.7 Å². The van der Waals surface area contributed by atoms with Crippen LogP contribution in [0.3, 0.4) is 0 Å². The van der Waals surface area contributed by atoms with Crippen LogP contribution in [0.25, 0.3) is 27.4 Å². The van der Waals surface area contributed by atoms with Crippen molar-refractivity contribution in [2.45, 2.75) is 24.8 Å². The molecule has 0 aliphatic rings. The molecule has 0 saturated carbocycles. The van der Waals surface area contributed by atoms with Crippen molar-refractivity contribution in [3.05, 3.63) is 113 Å². The molecule has 5 aromatic rings. The molecule has 1 atom stereocenters. The van der Waals surface area contributed by atoms with Gasteiger partial charge in [0.05, 0.1) is 27.5 Å². The van der Waals surface area contributed by atoms with Crippen LogP contribution >= 0.6 is 0 Å². The average Bonchev–Trinajstić information content (AvgIpc) is 2.87. The van der Waals surface area contributed by atoms with E-state index in [0.717, 1.165) is 10.9 Å². The summed E-state index contributed by atoms with van der Waals surface area (Å²) in [6, 6.07) is 26.6. The lowest BCUT2D eigenvalue weighted by Gasteiger charge is -2.27. The number of fused-ring (bicyclic) bond motifs is 2. The third kappa shape index (κ3) is 3.92. The molecule has 7 heteroatoms. The molecule has 6 nitrogen and oxygen atoms in total. The van der Waals surface area contributed by atoms with Gasteiger partial charge in [-0.1, -0.05) is 60.7 Å². The van der Waals surface area contributed by atoms with Crippen molar-refractivity contribution in [2.75, 3.05) is 7.05 Å². The molecule has 5 rings (SSSR count). The molecule has 0 spiro atoms. The standard InChI is InChI=1S/C28H25N3O3S/c1-19-10-8-13-22(18-19)31-27(29-25-16-7-6-15-24(25)28(31)32)20(2)30(3)35(33,34)26-17-9-12-21-11-4-5-14-23(21)26/h4-18,20H,1-3H3. The molecule has 1 aromatic heterocycles. The van der Waals surface area contributed by atoms with Crippen LogP contribution in [0.4, 0.5) is 0 Å². The van der Waals surface area contributed by atoms with E-state index in [4.69, 9.17) is 4.98 Å². The number of aryl methyl sites for hydroxylation is 1. The summed E-state index contributed by atoms with van der Waals surface area (Å²) < 4.78 is 30.5. The predicted molar refractivity (Wildman–Crippen MR) is 139 cm³/mol. The molecule has 0 amide bonds. The Kier molecular flexibility index (Phi) is 5.75. The van der Waals surface area contributed by atoms with E-state index in [0.29, 0.717) is 27.8 Å². The van der Waals surface area contributed by atoms with Crippen LogP contribution in [0, 0.1) is 6.92 Å². The monoisotopic (exact) mass is 483 g/mol. The summed E-state index contributed by atoms with van der Waals surface area (Å²) in [5.74, 6) is 0.352. The van der Waals surface area contributed by atoms with Gasteiger partial charge in [-0.2, -0.15) is 4.31 Å². The fourth-order valence-corrected chi connectivity index (χ4v) is 5.93. The first kappa shape index (κ1) is 23.0. The van der Waals surface area contributed by atoms with Gasteiger partial charge in [0.15, 0.2) is 0 Å². The first-order valence-electron chi connectivity index (χ1n) is 11.3. The topological polar surface area (TPSA) is 72.3 Å². The molecule has 0 saturated heterocycles. The summed E-state index contributed by atoms with van der Waals surface area (Å²) in [4.78, 5) is 18.6. The summed E-state index contributed by atoms with van der Waals surface area (Å²) >= 11 is 0. The fourth-order valence-electron chi connectivity index (χ4n) is 4.39. The second kappa shape index (κ2) is 8.76. The highest BCUT2D eigenvalue weighted by Gasteiger charge is 2.31. The minimum Gasteiger partial charge on any atom is -0.268 e. The third-order valence-electron chi connectivity index (χ3n) is 6.39. The van der Waals surface area contributed by atoms with Gasteiger partial charge in [0.1, 0.15) is 5.82 Å². The smallest absolute Gasteiger partial charge is 0.266 e. The zero-order chi connectivity index (χ0) is 24.7. The first-order chi connectivity index (χ1) is 16.8. The van der Waals surface area contributed by atoms with Crippen molar-refractivity contribution < 1.29 is 8.42 Å².